The molecule has 5 nitrogen and oxygen atoms in total. The zero-order chi connectivity index (χ0) is 16.8. The van der Waals surface area contributed by atoms with Gasteiger partial charge in [0, 0.05) is 12.6 Å². The van der Waals surface area contributed by atoms with E-state index in [1.807, 2.05) is 0 Å². The summed E-state index contributed by atoms with van der Waals surface area (Å²) in [4.78, 5) is 14.5. The lowest BCUT2D eigenvalue weighted by molar-refractivity contribution is 0.166. The monoisotopic (exact) mass is 334 g/mol. The van der Waals surface area contributed by atoms with E-state index in [0.717, 1.165) is 36.8 Å². The van der Waals surface area contributed by atoms with Gasteiger partial charge in [-0.1, -0.05) is 0 Å². The van der Waals surface area contributed by atoms with E-state index in [2.05, 4.69) is 5.32 Å². The van der Waals surface area contributed by atoms with Gasteiger partial charge < -0.3 is 20.1 Å². The van der Waals surface area contributed by atoms with Gasteiger partial charge in [-0.15, -0.1) is 0 Å². The van der Waals surface area contributed by atoms with Crippen molar-refractivity contribution in [2.75, 3.05) is 13.7 Å². The molecule has 2 aliphatic carbocycles. The van der Waals surface area contributed by atoms with Crippen LogP contribution in [0.2, 0.25) is 0 Å². The first-order chi connectivity index (χ1) is 11.6. The molecule has 2 N–H and O–H groups in total. The molecule has 3 aliphatic rings. The largest absolute Gasteiger partial charge is 0.494 e. The normalized spacial score (nSPS) is 28.8. The van der Waals surface area contributed by atoms with Gasteiger partial charge in [0.2, 0.25) is 0 Å². The van der Waals surface area contributed by atoms with E-state index in [1.165, 1.54) is 13.2 Å². The number of methoxy groups -OCH3 is 1. The lowest BCUT2D eigenvalue weighted by Crippen LogP contribution is -2.45. The van der Waals surface area contributed by atoms with Crippen molar-refractivity contribution < 1.29 is 19.0 Å². The lowest BCUT2D eigenvalue weighted by atomic mass is 10.1. The molecule has 1 aromatic rings. The van der Waals surface area contributed by atoms with Crippen LogP contribution in [-0.2, 0) is 6.42 Å². The standard InChI is InChI=1S/C18H23FN2O3/c1-24-17-8-13-11(6-14(17)19)4-5-15(13)20-18(23)21-9-12(22)7-16(21)10-2-3-10/h6,8,10,12,15-16,22H,2-5,7,9H2,1H3,(H,20,23). The predicted molar refractivity (Wildman–Crippen MR) is 86.4 cm³/mol. The summed E-state index contributed by atoms with van der Waals surface area (Å²) in [5, 5.41) is 13.0. The fourth-order valence-corrected chi connectivity index (χ4v) is 4.15. The number of fused-ring (bicyclic) bond motifs is 1. The van der Waals surface area contributed by atoms with Gasteiger partial charge in [-0.05, 0) is 61.3 Å². The first-order valence-corrected chi connectivity index (χ1v) is 8.68. The molecular weight excluding hydrogens is 311 g/mol. The maximum atomic E-state index is 13.8. The van der Waals surface area contributed by atoms with Gasteiger partial charge >= 0.3 is 6.03 Å². The average Bonchev–Trinajstić information content (AvgIpc) is 3.23. The molecule has 3 atom stereocenters. The fourth-order valence-electron chi connectivity index (χ4n) is 4.15. The summed E-state index contributed by atoms with van der Waals surface area (Å²) in [6.07, 6.45) is 4.05. The number of aliphatic hydroxyl groups excluding tert-OH is 1. The maximum absolute atomic E-state index is 13.8. The molecule has 1 saturated heterocycles. The van der Waals surface area contributed by atoms with Gasteiger partial charge in [0.1, 0.15) is 0 Å². The molecule has 1 saturated carbocycles. The van der Waals surface area contributed by atoms with Crippen molar-refractivity contribution in [1.29, 1.82) is 0 Å². The van der Waals surface area contributed by atoms with E-state index in [4.69, 9.17) is 4.74 Å². The molecule has 24 heavy (non-hydrogen) atoms. The van der Waals surface area contributed by atoms with E-state index < -0.39 is 6.10 Å². The van der Waals surface area contributed by atoms with Crippen LogP contribution in [0.4, 0.5) is 9.18 Å². The second kappa shape index (κ2) is 5.92. The smallest absolute Gasteiger partial charge is 0.318 e. The third-order valence-electron chi connectivity index (χ3n) is 5.54. The molecule has 0 aromatic heterocycles. The Morgan fingerprint density at radius 1 is 1.38 bits per heavy atom. The van der Waals surface area contributed by atoms with Crippen LogP contribution in [0.25, 0.3) is 0 Å². The number of hydrogen-bond acceptors (Lipinski definition) is 3. The molecule has 0 bridgehead atoms. The van der Waals surface area contributed by atoms with Gasteiger partial charge in [-0.2, -0.15) is 0 Å². The molecule has 4 rings (SSSR count). The number of β-amino-alcohol motifs (C(OH)–C–C–N with tert-alkyl or cyclic N) is 1. The number of likely N-dealkylation sites (tertiary alicyclic amines) is 1. The number of hydrogen-bond donors (Lipinski definition) is 2. The second-order valence-corrected chi connectivity index (χ2v) is 7.17. The Morgan fingerprint density at radius 2 is 2.17 bits per heavy atom. The Hall–Kier alpha value is -1.82. The number of amides is 2. The molecule has 0 radical (unpaired) electrons. The van der Waals surface area contributed by atoms with Gasteiger partial charge in [-0.3, -0.25) is 0 Å². The Bertz CT molecular complexity index is 662. The molecule has 130 valence electrons. The summed E-state index contributed by atoms with van der Waals surface area (Å²) in [5.74, 6) is 0.389. The summed E-state index contributed by atoms with van der Waals surface area (Å²) in [6, 6.07) is 3.11. The van der Waals surface area contributed by atoms with Crippen LogP contribution >= 0.6 is 0 Å². The number of rotatable bonds is 3. The van der Waals surface area contributed by atoms with Crippen molar-refractivity contribution in [2.24, 2.45) is 5.92 Å². The van der Waals surface area contributed by atoms with E-state index in [1.54, 1.807) is 11.0 Å². The molecule has 0 spiro atoms. The predicted octanol–water partition coefficient (Wildman–Crippen LogP) is 2.38. The summed E-state index contributed by atoms with van der Waals surface area (Å²) in [5.41, 5.74) is 1.86. The van der Waals surface area contributed by atoms with E-state index in [-0.39, 0.29) is 29.7 Å². The van der Waals surface area contributed by atoms with Crippen LogP contribution in [0.5, 0.6) is 5.75 Å². The molecular formula is C18H23FN2O3. The number of carbonyl (C=O) groups is 1. The van der Waals surface area contributed by atoms with Crippen molar-refractivity contribution in [1.82, 2.24) is 10.2 Å². The zero-order valence-electron chi connectivity index (χ0n) is 13.8. The Kier molecular flexibility index (Phi) is 3.87. The molecule has 1 heterocycles. The average molecular weight is 334 g/mol. The van der Waals surface area contributed by atoms with Crippen molar-refractivity contribution in [3.8, 4) is 5.75 Å². The number of urea groups is 1. The minimum atomic E-state index is -0.425. The Morgan fingerprint density at radius 3 is 2.88 bits per heavy atom. The SMILES string of the molecule is COc1cc2c(cc1F)CCC2NC(=O)N1CC(O)CC1C1CC1. The number of aryl methyl sites for hydroxylation is 1. The molecule has 1 aromatic carbocycles. The fraction of sp³-hybridized carbons (Fsp3) is 0.611. The minimum absolute atomic E-state index is 0.121. The maximum Gasteiger partial charge on any atom is 0.318 e. The number of nitrogens with zero attached hydrogens (tertiary/aromatic N) is 1. The molecule has 2 fully saturated rings. The van der Waals surface area contributed by atoms with Gasteiger partial charge in [0.05, 0.1) is 19.3 Å². The van der Waals surface area contributed by atoms with Crippen LogP contribution in [0.3, 0.4) is 0 Å². The number of ether oxygens (including phenoxy) is 1. The van der Waals surface area contributed by atoms with Crippen molar-refractivity contribution in [3.05, 3.63) is 29.1 Å². The molecule has 2 amide bonds. The number of halogens is 1. The van der Waals surface area contributed by atoms with E-state index in [0.29, 0.717) is 18.9 Å². The van der Waals surface area contributed by atoms with Crippen LogP contribution in [0, 0.1) is 11.7 Å². The topological polar surface area (TPSA) is 61.8 Å². The summed E-state index contributed by atoms with van der Waals surface area (Å²) >= 11 is 0. The third kappa shape index (κ3) is 2.73. The first-order valence-electron chi connectivity index (χ1n) is 8.68. The molecule has 6 heteroatoms. The highest BCUT2D eigenvalue weighted by atomic mass is 19.1. The first kappa shape index (κ1) is 15.7. The van der Waals surface area contributed by atoms with E-state index >= 15 is 0 Å². The summed E-state index contributed by atoms with van der Waals surface area (Å²) < 4.78 is 18.9. The number of nitrogens with one attached hydrogen (secondary N) is 1. The number of carbonyl (C=O) groups excluding carboxylic acids is 1. The molecule has 1 aliphatic heterocycles. The van der Waals surface area contributed by atoms with Crippen LogP contribution in [0.15, 0.2) is 12.1 Å². The van der Waals surface area contributed by atoms with Gasteiger partial charge in [0.15, 0.2) is 11.6 Å². The van der Waals surface area contributed by atoms with Crippen LogP contribution < -0.4 is 10.1 Å². The summed E-state index contributed by atoms with van der Waals surface area (Å²) in [7, 11) is 1.44. The Balaban J connectivity index is 1.50. The van der Waals surface area contributed by atoms with Crippen LogP contribution in [0.1, 0.15) is 42.9 Å². The number of aliphatic hydroxyl groups is 1. The lowest BCUT2D eigenvalue weighted by Gasteiger charge is -2.27. The second-order valence-electron chi connectivity index (χ2n) is 7.17. The van der Waals surface area contributed by atoms with E-state index in [9.17, 15) is 14.3 Å². The van der Waals surface area contributed by atoms with Crippen molar-refractivity contribution >= 4 is 6.03 Å². The molecule has 3 unspecified atom stereocenters. The third-order valence-corrected chi connectivity index (χ3v) is 5.54. The highest BCUT2D eigenvalue weighted by Crippen LogP contribution is 2.41. The van der Waals surface area contributed by atoms with Gasteiger partial charge in [-0.25, -0.2) is 9.18 Å². The van der Waals surface area contributed by atoms with Crippen LogP contribution in [-0.4, -0.2) is 41.8 Å². The van der Waals surface area contributed by atoms with Crippen molar-refractivity contribution in [3.63, 3.8) is 0 Å². The quantitative estimate of drug-likeness (QED) is 0.892. The zero-order valence-corrected chi connectivity index (χ0v) is 13.8. The summed E-state index contributed by atoms with van der Waals surface area (Å²) in [6.45, 7) is 0.402. The highest BCUT2D eigenvalue weighted by Gasteiger charge is 2.44. The van der Waals surface area contributed by atoms with Gasteiger partial charge in [0.25, 0.3) is 0 Å². The number of benzene rings is 1. The van der Waals surface area contributed by atoms with Crippen molar-refractivity contribution in [2.45, 2.75) is 50.3 Å². The highest BCUT2D eigenvalue weighted by molar-refractivity contribution is 5.76. The minimum Gasteiger partial charge on any atom is -0.494 e. The Labute approximate surface area is 140 Å².